The molecule has 0 saturated heterocycles. The average molecular weight is 543 g/mol. The number of nitrogens with one attached hydrogen (secondary N) is 1. The van der Waals surface area contributed by atoms with E-state index in [-0.39, 0.29) is 12.1 Å². The lowest BCUT2D eigenvalue weighted by atomic mass is 10.1. The van der Waals surface area contributed by atoms with Crippen LogP contribution in [0.1, 0.15) is 11.1 Å². The van der Waals surface area contributed by atoms with Crippen molar-refractivity contribution in [3.05, 3.63) is 64.1 Å². The summed E-state index contributed by atoms with van der Waals surface area (Å²) in [4.78, 5) is 19.4. The Bertz CT molecular complexity index is 1060. The first-order valence-corrected chi connectivity index (χ1v) is 8.66. The minimum atomic E-state index is -5.35. The number of nitro benzene ring substituents is 2. The van der Waals surface area contributed by atoms with E-state index in [1.54, 1.807) is 0 Å². The van der Waals surface area contributed by atoms with Crippen molar-refractivity contribution in [2.45, 2.75) is 12.4 Å². The van der Waals surface area contributed by atoms with Gasteiger partial charge in [-0.1, -0.05) is 23.2 Å². The zero-order chi connectivity index (χ0) is 23.2. The maximum atomic E-state index is 13.4. The first-order chi connectivity index (χ1) is 13.6. The quantitative estimate of drug-likeness (QED) is 0.188. The molecule has 0 unspecified atom stereocenters. The van der Waals surface area contributed by atoms with Gasteiger partial charge in [-0.15, -0.1) is 0 Å². The van der Waals surface area contributed by atoms with E-state index in [1.807, 2.05) is 5.32 Å². The van der Waals surface area contributed by atoms with Gasteiger partial charge in [-0.3, -0.25) is 20.2 Å². The van der Waals surface area contributed by atoms with Crippen LogP contribution in [0.15, 0.2) is 22.7 Å². The smallest absolute Gasteiger partial charge is 0.348 e. The second kappa shape index (κ2) is 8.07. The highest BCUT2D eigenvalue weighted by atomic mass is 79.9. The molecule has 0 amide bonds. The van der Waals surface area contributed by atoms with E-state index in [1.165, 1.54) is 0 Å². The van der Waals surface area contributed by atoms with Gasteiger partial charge in [0, 0.05) is 6.07 Å². The predicted molar refractivity (Wildman–Crippen MR) is 97.2 cm³/mol. The molecule has 30 heavy (non-hydrogen) atoms. The lowest BCUT2D eigenvalue weighted by Gasteiger charge is -2.19. The molecule has 0 atom stereocenters. The standard InChI is InChI=1S/C14H4BrCl2F6N3O4/c15-10-6(16)3-7(11(17)9(10)14(21,22)23)24-12-5(13(18,19)20)1-4(25(27)28)2-8(12)26(29)30/h1-3,24H. The number of non-ortho nitro benzene ring substituents is 1. The van der Waals surface area contributed by atoms with Gasteiger partial charge in [-0.2, -0.15) is 26.3 Å². The van der Waals surface area contributed by atoms with Gasteiger partial charge >= 0.3 is 12.4 Å². The maximum Gasteiger partial charge on any atom is 0.419 e. The number of nitro groups is 2. The topological polar surface area (TPSA) is 98.3 Å². The number of rotatable bonds is 4. The number of hydrogen-bond donors (Lipinski definition) is 1. The molecule has 0 radical (unpaired) electrons. The summed E-state index contributed by atoms with van der Waals surface area (Å²) in [6.45, 7) is 0. The number of anilines is 2. The summed E-state index contributed by atoms with van der Waals surface area (Å²) in [5, 5.41) is 22.1. The third kappa shape index (κ3) is 4.70. The van der Waals surface area contributed by atoms with Crippen LogP contribution in [0, 0.1) is 20.2 Å². The molecule has 16 heteroatoms. The highest BCUT2D eigenvalue weighted by Gasteiger charge is 2.41. The highest BCUT2D eigenvalue weighted by molar-refractivity contribution is 9.10. The lowest BCUT2D eigenvalue weighted by Crippen LogP contribution is -2.13. The second-order valence-corrected chi connectivity index (χ2v) is 7.01. The number of halogens is 9. The van der Waals surface area contributed by atoms with Gasteiger partial charge in [-0.25, -0.2) is 0 Å². The highest BCUT2D eigenvalue weighted by Crippen LogP contribution is 2.49. The zero-order valence-electron chi connectivity index (χ0n) is 13.7. The van der Waals surface area contributed by atoms with Crippen molar-refractivity contribution < 1.29 is 36.2 Å². The van der Waals surface area contributed by atoms with Crippen molar-refractivity contribution in [1.29, 1.82) is 0 Å². The van der Waals surface area contributed by atoms with Crippen LogP contribution in [0.3, 0.4) is 0 Å². The molecule has 7 nitrogen and oxygen atoms in total. The Morgan fingerprint density at radius 2 is 1.50 bits per heavy atom. The largest absolute Gasteiger partial charge is 0.419 e. The van der Waals surface area contributed by atoms with E-state index >= 15 is 0 Å². The molecule has 0 spiro atoms. The predicted octanol–water partition coefficient (Wildman–Crippen LogP) is 7.35. The summed E-state index contributed by atoms with van der Waals surface area (Å²) in [5.41, 5.74) is -8.29. The van der Waals surface area contributed by atoms with E-state index in [0.717, 1.165) is 0 Å². The summed E-state index contributed by atoms with van der Waals surface area (Å²) in [5.74, 6) is 0. The minimum Gasteiger partial charge on any atom is -0.348 e. The van der Waals surface area contributed by atoms with Crippen LogP contribution in [-0.2, 0) is 12.4 Å². The van der Waals surface area contributed by atoms with Crippen molar-refractivity contribution in [3.8, 4) is 0 Å². The molecule has 0 aromatic heterocycles. The van der Waals surface area contributed by atoms with Crippen molar-refractivity contribution in [2.75, 3.05) is 5.32 Å². The molecule has 162 valence electrons. The van der Waals surface area contributed by atoms with Crippen LogP contribution < -0.4 is 5.32 Å². The molecule has 0 aliphatic heterocycles. The monoisotopic (exact) mass is 541 g/mol. The molecule has 0 heterocycles. The summed E-state index contributed by atoms with van der Waals surface area (Å²) < 4.78 is 79.3. The summed E-state index contributed by atoms with van der Waals surface area (Å²) >= 11 is 13.9. The van der Waals surface area contributed by atoms with E-state index in [2.05, 4.69) is 15.9 Å². The number of hydrogen-bond acceptors (Lipinski definition) is 5. The second-order valence-electron chi connectivity index (χ2n) is 5.43. The van der Waals surface area contributed by atoms with Gasteiger partial charge in [0.25, 0.3) is 11.4 Å². The van der Waals surface area contributed by atoms with Crippen LogP contribution in [0.5, 0.6) is 0 Å². The Hall–Kier alpha value is -2.32. The normalized spacial score (nSPS) is 12.0. The Labute approximate surface area is 180 Å². The average Bonchev–Trinajstić information content (AvgIpc) is 2.57. The number of nitrogens with zero attached hydrogens (tertiary/aromatic N) is 2. The Morgan fingerprint density at radius 3 is 1.93 bits per heavy atom. The first-order valence-electron chi connectivity index (χ1n) is 7.11. The molecule has 2 aromatic rings. The summed E-state index contributed by atoms with van der Waals surface area (Å²) in [6.07, 6.45) is -10.4. The zero-order valence-corrected chi connectivity index (χ0v) is 16.8. The fraction of sp³-hybridized carbons (Fsp3) is 0.143. The van der Waals surface area contributed by atoms with Gasteiger partial charge in [0.2, 0.25) is 0 Å². The Morgan fingerprint density at radius 1 is 0.933 bits per heavy atom. The molecule has 0 bridgehead atoms. The van der Waals surface area contributed by atoms with Gasteiger partial charge < -0.3 is 5.32 Å². The van der Waals surface area contributed by atoms with E-state index in [9.17, 15) is 46.6 Å². The fourth-order valence-corrected chi connectivity index (χ4v) is 3.45. The summed E-state index contributed by atoms with van der Waals surface area (Å²) in [6, 6.07) is 0.916. The minimum absolute atomic E-state index is 0.00558. The van der Waals surface area contributed by atoms with Gasteiger partial charge in [0.15, 0.2) is 0 Å². The number of benzene rings is 2. The molecule has 0 saturated carbocycles. The van der Waals surface area contributed by atoms with Crippen molar-refractivity contribution in [1.82, 2.24) is 0 Å². The molecule has 1 N–H and O–H groups in total. The SMILES string of the molecule is O=[N+]([O-])c1cc([N+](=O)[O-])c(Nc2cc(Cl)c(Br)c(C(F)(F)F)c2Cl)c(C(F)(F)F)c1. The van der Waals surface area contributed by atoms with Crippen molar-refractivity contribution >= 4 is 61.9 Å². The van der Waals surface area contributed by atoms with E-state index in [0.29, 0.717) is 6.07 Å². The van der Waals surface area contributed by atoms with Gasteiger partial charge in [-0.05, 0) is 22.0 Å². The molecular formula is C14H4BrCl2F6N3O4. The molecular weight excluding hydrogens is 539 g/mol. The van der Waals surface area contributed by atoms with Crippen LogP contribution in [0.2, 0.25) is 10.0 Å². The molecule has 2 aromatic carbocycles. The van der Waals surface area contributed by atoms with Gasteiger partial charge in [0.1, 0.15) is 5.69 Å². The maximum absolute atomic E-state index is 13.4. The molecule has 0 fully saturated rings. The Balaban J connectivity index is 2.85. The van der Waals surface area contributed by atoms with Crippen LogP contribution in [0.4, 0.5) is 49.1 Å². The first kappa shape index (κ1) is 24.0. The van der Waals surface area contributed by atoms with E-state index in [4.69, 9.17) is 23.2 Å². The van der Waals surface area contributed by atoms with Crippen LogP contribution in [-0.4, -0.2) is 9.85 Å². The van der Waals surface area contributed by atoms with Crippen molar-refractivity contribution in [3.63, 3.8) is 0 Å². The Kier molecular flexibility index (Phi) is 6.45. The van der Waals surface area contributed by atoms with Crippen molar-refractivity contribution in [2.24, 2.45) is 0 Å². The van der Waals surface area contributed by atoms with Gasteiger partial charge in [0.05, 0.1) is 47.2 Å². The molecule has 0 aliphatic carbocycles. The number of alkyl halides is 6. The third-order valence-corrected chi connectivity index (χ3v) is 5.26. The molecule has 2 rings (SSSR count). The van der Waals surface area contributed by atoms with E-state index < -0.39 is 70.6 Å². The molecule has 0 aliphatic rings. The third-order valence-electron chi connectivity index (χ3n) is 3.51. The van der Waals surface area contributed by atoms with Crippen LogP contribution in [0.25, 0.3) is 0 Å². The summed E-state index contributed by atoms with van der Waals surface area (Å²) in [7, 11) is 0. The lowest BCUT2D eigenvalue weighted by molar-refractivity contribution is -0.394. The van der Waals surface area contributed by atoms with Crippen LogP contribution >= 0.6 is 39.1 Å². The fourth-order valence-electron chi connectivity index (χ4n) is 2.29.